The summed E-state index contributed by atoms with van der Waals surface area (Å²) in [6.45, 7) is 0. The van der Waals surface area contributed by atoms with E-state index in [0.29, 0.717) is 5.56 Å². The fourth-order valence-electron chi connectivity index (χ4n) is 0.616. The summed E-state index contributed by atoms with van der Waals surface area (Å²) in [5.41, 5.74) is 5.13. The first-order chi connectivity index (χ1) is 5.22. The Bertz CT molecular complexity index is 249. The average molecular weight is 153 g/mol. The molecule has 1 aromatic rings. The fraction of sp³-hybridized carbons (Fsp3) is 0.167. The molecular weight excluding hydrogens is 146 g/mol. The molecule has 0 aromatic carbocycles. The second kappa shape index (κ2) is 3.07. The highest BCUT2D eigenvalue weighted by Crippen LogP contribution is 2.07. The van der Waals surface area contributed by atoms with E-state index in [1.165, 1.54) is 18.7 Å². The zero-order valence-electron chi connectivity index (χ0n) is 5.64. The Morgan fingerprint density at radius 1 is 1.55 bits per heavy atom. The minimum absolute atomic E-state index is 0.306. The third kappa shape index (κ3) is 1.71. The predicted molar refractivity (Wildman–Crippen MR) is 36.2 cm³/mol. The van der Waals surface area contributed by atoms with Gasteiger partial charge < -0.3 is 10.8 Å². The number of carbonyl (C=O) groups is 1. The molecule has 3 N–H and O–H groups in total. The molecule has 0 aliphatic carbocycles. The number of nitrogens with two attached hydrogens (primary N) is 1. The summed E-state index contributed by atoms with van der Waals surface area (Å²) in [6, 6.07) is 0. The molecule has 0 bridgehead atoms. The van der Waals surface area contributed by atoms with Gasteiger partial charge in [-0.3, -0.25) is 4.79 Å². The average Bonchev–Trinajstić information content (AvgIpc) is 2.05. The Kier molecular flexibility index (Phi) is 2.12. The number of aliphatic hydroxyl groups excluding tert-OH is 1. The smallest absolute Gasteiger partial charge is 0.251 e. The lowest BCUT2D eigenvalue weighted by Gasteiger charge is -2.03. The van der Waals surface area contributed by atoms with Crippen LogP contribution in [-0.2, 0) is 4.79 Å². The van der Waals surface area contributed by atoms with Crippen molar-refractivity contribution in [1.29, 1.82) is 0 Å². The first-order valence-corrected chi connectivity index (χ1v) is 2.94. The number of hydrogen-bond donors (Lipinski definition) is 2. The Balaban J connectivity index is 2.85. The molecule has 0 fully saturated rings. The number of nitrogens with zero attached hydrogens (tertiary/aromatic N) is 2. The van der Waals surface area contributed by atoms with Crippen molar-refractivity contribution in [3.8, 4) is 0 Å². The second-order valence-corrected chi connectivity index (χ2v) is 1.98. The van der Waals surface area contributed by atoms with Crippen LogP contribution < -0.4 is 5.73 Å². The maximum absolute atomic E-state index is 10.4. The van der Waals surface area contributed by atoms with E-state index < -0.39 is 12.0 Å². The molecule has 0 aliphatic heterocycles. The summed E-state index contributed by atoms with van der Waals surface area (Å²) in [7, 11) is 0. The molecule has 1 heterocycles. The minimum atomic E-state index is -1.31. The van der Waals surface area contributed by atoms with Crippen LogP contribution in [0.1, 0.15) is 11.7 Å². The quantitative estimate of drug-likeness (QED) is 0.570. The molecule has 0 saturated carbocycles. The first kappa shape index (κ1) is 7.62. The highest BCUT2D eigenvalue weighted by atomic mass is 16.3. The SMILES string of the molecule is NC(=O)C(O)c1cncnc1. The van der Waals surface area contributed by atoms with Gasteiger partial charge in [0.25, 0.3) is 5.91 Å². The molecule has 1 rings (SSSR count). The van der Waals surface area contributed by atoms with Gasteiger partial charge in [-0.05, 0) is 0 Å². The maximum Gasteiger partial charge on any atom is 0.251 e. The number of primary amides is 1. The molecule has 11 heavy (non-hydrogen) atoms. The van der Waals surface area contributed by atoms with Crippen molar-refractivity contribution in [2.24, 2.45) is 5.73 Å². The molecule has 1 unspecified atom stereocenters. The van der Waals surface area contributed by atoms with Gasteiger partial charge in [0, 0.05) is 18.0 Å². The van der Waals surface area contributed by atoms with E-state index in [9.17, 15) is 4.79 Å². The normalized spacial score (nSPS) is 12.5. The fourth-order valence-corrected chi connectivity index (χ4v) is 0.616. The predicted octanol–water partition coefficient (Wildman–Crippen LogP) is -1.00. The van der Waals surface area contributed by atoms with Crippen molar-refractivity contribution < 1.29 is 9.90 Å². The van der Waals surface area contributed by atoms with Gasteiger partial charge in [-0.15, -0.1) is 0 Å². The lowest BCUT2D eigenvalue weighted by atomic mass is 10.2. The van der Waals surface area contributed by atoms with Crippen LogP contribution >= 0.6 is 0 Å². The highest BCUT2D eigenvalue weighted by molar-refractivity contribution is 5.79. The standard InChI is InChI=1S/C6H7N3O2/c7-6(11)5(10)4-1-8-3-9-2-4/h1-3,5,10H,(H2,7,11). The van der Waals surface area contributed by atoms with Crippen LogP contribution in [0.25, 0.3) is 0 Å². The zero-order valence-corrected chi connectivity index (χ0v) is 5.64. The van der Waals surface area contributed by atoms with Gasteiger partial charge in [-0.1, -0.05) is 0 Å². The third-order valence-corrected chi connectivity index (χ3v) is 1.17. The maximum atomic E-state index is 10.4. The molecule has 0 spiro atoms. The van der Waals surface area contributed by atoms with E-state index in [2.05, 4.69) is 9.97 Å². The van der Waals surface area contributed by atoms with Crippen LogP contribution in [0.3, 0.4) is 0 Å². The first-order valence-electron chi connectivity index (χ1n) is 2.94. The van der Waals surface area contributed by atoms with Crippen molar-refractivity contribution in [2.45, 2.75) is 6.10 Å². The van der Waals surface area contributed by atoms with Crippen LogP contribution in [-0.4, -0.2) is 21.0 Å². The van der Waals surface area contributed by atoms with E-state index in [1.54, 1.807) is 0 Å². The van der Waals surface area contributed by atoms with Crippen LogP contribution in [0.2, 0.25) is 0 Å². The molecule has 58 valence electrons. The van der Waals surface area contributed by atoms with Crippen LogP contribution in [0, 0.1) is 0 Å². The number of aliphatic hydroxyl groups is 1. The van der Waals surface area contributed by atoms with Gasteiger partial charge in [-0.2, -0.15) is 0 Å². The molecule has 5 heteroatoms. The summed E-state index contributed by atoms with van der Waals surface area (Å²) in [4.78, 5) is 17.6. The van der Waals surface area contributed by atoms with E-state index in [-0.39, 0.29) is 0 Å². The molecular formula is C6H7N3O2. The molecule has 1 atom stereocenters. The Labute approximate surface area is 62.9 Å². The van der Waals surface area contributed by atoms with Crippen LogP contribution in [0.15, 0.2) is 18.7 Å². The molecule has 0 aliphatic rings. The third-order valence-electron chi connectivity index (χ3n) is 1.17. The summed E-state index contributed by atoms with van der Waals surface area (Å²) in [5, 5.41) is 9.04. The van der Waals surface area contributed by atoms with E-state index in [0.717, 1.165) is 0 Å². The van der Waals surface area contributed by atoms with E-state index in [4.69, 9.17) is 10.8 Å². The Morgan fingerprint density at radius 2 is 2.09 bits per heavy atom. The number of carbonyl (C=O) groups excluding carboxylic acids is 1. The largest absolute Gasteiger partial charge is 0.378 e. The summed E-state index contributed by atoms with van der Waals surface area (Å²) in [6.07, 6.45) is 2.67. The molecule has 0 radical (unpaired) electrons. The summed E-state index contributed by atoms with van der Waals surface area (Å²) >= 11 is 0. The number of rotatable bonds is 2. The molecule has 1 amide bonds. The molecule has 5 nitrogen and oxygen atoms in total. The topological polar surface area (TPSA) is 89.1 Å². The monoisotopic (exact) mass is 153 g/mol. The second-order valence-electron chi connectivity index (χ2n) is 1.98. The number of hydrogen-bond acceptors (Lipinski definition) is 4. The van der Waals surface area contributed by atoms with Gasteiger partial charge in [-0.25, -0.2) is 9.97 Å². The number of amides is 1. The number of aromatic nitrogens is 2. The minimum Gasteiger partial charge on any atom is -0.378 e. The summed E-state index contributed by atoms with van der Waals surface area (Å²) < 4.78 is 0. The van der Waals surface area contributed by atoms with E-state index >= 15 is 0 Å². The van der Waals surface area contributed by atoms with Crippen LogP contribution in [0.4, 0.5) is 0 Å². The van der Waals surface area contributed by atoms with Crippen molar-refractivity contribution in [3.05, 3.63) is 24.3 Å². The molecule has 1 aromatic heterocycles. The van der Waals surface area contributed by atoms with Gasteiger partial charge >= 0.3 is 0 Å². The van der Waals surface area contributed by atoms with E-state index in [1.807, 2.05) is 0 Å². The zero-order chi connectivity index (χ0) is 8.27. The van der Waals surface area contributed by atoms with Gasteiger partial charge in [0.15, 0.2) is 6.10 Å². The summed E-state index contributed by atoms with van der Waals surface area (Å²) in [5.74, 6) is -0.806. The van der Waals surface area contributed by atoms with Gasteiger partial charge in [0.05, 0.1) is 0 Å². The lowest BCUT2D eigenvalue weighted by molar-refractivity contribution is -0.126. The Morgan fingerprint density at radius 3 is 2.55 bits per heavy atom. The van der Waals surface area contributed by atoms with Crippen molar-refractivity contribution in [2.75, 3.05) is 0 Å². The van der Waals surface area contributed by atoms with Gasteiger partial charge in [0.1, 0.15) is 6.33 Å². The van der Waals surface area contributed by atoms with Gasteiger partial charge in [0.2, 0.25) is 0 Å². The van der Waals surface area contributed by atoms with Crippen LogP contribution in [0.5, 0.6) is 0 Å². The Hall–Kier alpha value is -1.49. The highest BCUT2D eigenvalue weighted by Gasteiger charge is 2.13. The van der Waals surface area contributed by atoms with Crippen molar-refractivity contribution in [3.63, 3.8) is 0 Å². The van der Waals surface area contributed by atoms with Crippen molar-refractivity contribution >= 4 is 5.91 Å². The van der Waals surface area contributed by atoms with Crippen molar-refractivity contribution in [1.82, 2.24) is 9.97 Å². The molecule has 0 saturated heterocycles. The lowest BCUT2D eigenvalue weighted by Crippen LogP contribution is -2.20.